The van der Waals surface area contributed by atoms with Crippen molar-refractivity contribution in [2.24, 2.45) is 27.2 Å². The average Bonchev–Trinajstić information content (AvgIpc) is 2.80. The maximum atomic E-state index is 12.3. The lowest BCUT2D eigenvalue weighted by Gasteiger charge is -2.19. The molecule has 1 aromatic carbocycles. The zero-order valence-corrected chi connectivity index (χ0v) is 13.1. The Morgan fingerprint density at radius 1 is 1.26 bits per heavy atom. The fourth-order valence-electron chi connectivity index (χ4n) is 1.88. The highest BCUT2D eigenvalue weighted by atomic mass is 16.6. The van der Waals surface area contributed by atoms with E-state index >= 15 is 0 Å². The third-order valence-electron chi connectivity index (χ3n) is 2.62. The monoisotopic (exact) mass is 317 g/mol. The number of guanidine groups is 2. The molecule has 0 radical (unpaired) electrons. The minimum absolute atomic E-state index is 0.130. The molecule has 122 valence electrons. The number of nitrogens with zero attached hydrogens (tertiary/aromatic N) is 4. The van der Waals surface area contributed by atoms with E-state index in [1.54, 1.807) is 39.0 Å². The third-order valence-corrected chi connectivity index (χ3v) is 2.62. The van der Waals surface area contributed by atoms with Gasteiger partial charge in [-0.2, -0.15) is 14.8 Å². The van der Waals surface area contributed by atoms with Gasteiger partial charge in [0.25, 0.3) is 0 Å². The molecular weight excluding hydrogens is 298 g/mol. The number of hydrogen-bond donors (Lipinski definition) is 3. The summed E-state index contributed by atoms with van der Waals surface area (Å²) in [6.45, 7) is 5.31. The summed E-state index contributed by atoms with van der Waals surface area (Å²) in [6, 6.07) is 5.21. The number of nitrogens with two attached hydrogens (primary N) is 3. The molecule has 2 rings (SSSR count). The summed E-state index contributed by atoms with van der Waals surface area (Å²) >= 11 is 0. The number of ether oxygens (including phenoxy) is 1. The maximum absolute atomic E-state index is 12.3. The van der Waals surface area contributed by atoms with E-state index in [0.717, 1.165) is 4.68 Å². The lowest BCUT2D eigenvalue weighted by atomic mass is 10.2. The molecule has 9 heteroatoms. The smallest absolute Gasteiger partial charge is 0.435 e. The molecule has 6 N–H and O–H groups in total. The Balaban J connectivity index is 2.54. The third kappa shape index (κ3) is 3.96. The van der Waals surface area contributed by atoms with Crippen LogP contribution in [-0.4, -0.2) is 33.4 Å². The number of carbonyl (C=O) groups is 1. The first-order chi connectivity index (χ1) is 10.7. The second-order valence-electron chi connectivity index (χ2n) is 5.76. The minimum atomic E-state index is -0.648. The summed E-state index contributed by atoms with van der Waals surface area (Å²) in [7, 11) is 0. The molecule has 1 aromatic heterocycles. The number of aliphatic imine (C=N–C) groups is 2. The van der Waals surface area contributed by atoms with Crippen molar-refractivity contribution in [3.8, 4) is 0 Å². The molecule has 23 heavy (non-hydrogen) atoms. The molecule has 0 saturated heterocycles. The van der Waals surface area contributed by atoms with Crippen LogP contribution in [0.15, 0.2) is 34.4 Å². The molecule has 0 unspecified atom stereocenters. The largest absolute Gasteiger partial charge is 0.442 e. The number of fused-ring (bicyclic) bond motifs is 1. The van der Waals surface area contributed by atoms with Crippen molar-refractivity contribution in [1.29, 1.82) is 0 Å². The van der Waals surface area contributed by atoms with E-state index in [4.69, 9.17) is 21.9 Å². The van der Waals surface area contributed by atoms with Crippen LogP contribution in [0.25, 0.3) is 10.9 Å². The molecule has 2 aromatic rings. The van der Waals surface area contributed by atoms with Crippen molar-refractivity contribution in [2.75, 3.05) is 0 Å². The van der Waals surface area contributed by atoms with Gasteiger partial charge in [0.2, 0.25) is 5.96 Å². The Morgan fingerprint density at radius 3 is 2.57 bits per heavy atom. The highest BCUT2D eigenvalue weighted by molar-refractivity contribution is 5.99. The first-order valence-corrected chi connectivity index (χ1v) is 6.81. The first-order valence-electron chi connectivity index (χ1n) is 6.81. The molecule has 0 aliphatic carbocycles. The molecule has 0 spiro atoms. The van der Waals surface area contributed by atoms with Gasteiger partial charge < -0.3 is 21.9 Å². The summed E-state index contributed by atoms with van der Waals surface area (Å²) in [5, 5.41) is 4.76. The van der Waals surface area contributed by atoms with Gasteiger partial charge in [0.15, 0.2) is 5.96 Å². The normalized spacial score (nSPS) is 12.2. The Kier molecular flexibility index (Phi) is 4.21. The van der Waals surface area contributed by atoms with Gasteiger partial charge in [-0.3, -0.25) is 0 Å². The predicted molar refractivity (Wildman–Crippen MR) is 88.5 cm³/mol. The summed E-state index contributed by atoms with van der Waals surface area (Å²) in [5.74, 6) is -0.339. The summed E-state index contributed by atoms with van der Waals surface area (Å²) in [5.41, 5.74) is 16.4. The zero-order chi connectivity index (χ0) is 17.2. The van der Waals surface area contributed by atoms with Gasteiger partial charge in [0, 0.05) is 5.39 Å². The van der Waals surface area contributed by atoms with Crippen LogP contribution in [0.5, 0.6) is 0 Å². The molecule has 0 saturated carbocycles. The SMILES string of the molecule is CC(C)(C)OC(=O)n1ncc2cccc(N=C(N)N=C(N)N)c21. The van der Waals surface area contributed by atoms with E-state index in [9.17, 15) is 4.79 Å². The first kappa shape index (κ1) is 16.3. The van der Waals surface area contributed by atoms with Crippen LogP contribution in [0, 0.1) is 0 Å². The van der Waals surface area contributed by atoms with E-state index in [0.29, 0.717) is 16.6 Å². The van der Waals surface area contributed by atoms with Crippen LogP contribution in [0.3, 0.4) is 0 Å². The van der Waals surface area contributed by atoms with E-state index in [1.807, 2.05) is 0 Å². The van der Waals surface area contributed by atoms with Gasteiger partial charge in [-0.05, 0) is 26.8 Å². The Bertz CT molecular complexity index is 795. The molecule has 0 bridgehead atoms. The van der Waals surface area contributed by atoms with Gasteiger partial charge in [0.1, 0.15) is 11.1 Å². The molecule has 0 aliphatic heterocycles. The number of rotatable bonds is 1. The average molecular weight is 317 g/mol. The molecular formula is C14H19N7O2. The molecule has 0 atom stereocenters. The van der Waals surface area contributed by atoms with Gasteiger partial charge in [-0.25, -0.2) is 9.79 Å². The predicted octanol–water partition coefficient (Wildman–Crippen LogP) is 1.04. The van der Waals surface area contributed by atoms with Crippen LogP contribution >= 0.6 is 0 Å². The van der Waals surface area contributed by atoms with Crippen LogP contribution in [0.4, 0.5) is 10.5 Å². The summed E-state index contributed by atoms with van der Waals surface area (Å²) in [4.78, 5) is 20.1. The van der Waals surface area contributed by atoms with E-state index < -0.39 is 11.7 Å². The molecule has 0 aliphatic rings. The van der Waals surface area contributed by atoms with Crippen molar-refractivity contribution in [3.63, 3.8) is 0 Å². The van der Waals surface area contributed by atoms with Crippen LogP contribution < -0.4 is 17.2 Å². The second-order valence-corrected chi connectivity index (χ2v) is 5.76. The lowest BCUT2D eigenvalue weighted by molar-refractivity contribution is 0.0523. The van der Waals surface area contributed by atoms with Crippen LogP contribution in [0.2, 0.25) is 0 Å². The van der Waals surface area contributed by atoms with Crippen LogP contribution in [-0.2, 0) is 4.74 Å². The summed E-state index contributed by atoms with van der Waals surface area (Å²) in [6.07, 6.45) is 0.922. The Hall–Kier alpha value is -3.10. The van der Waals surface area contributed by atoms with Crippen LogP contribution in [0.1, 0.15) is 20.8 Å². The van der Waals surface area contributed by atoms with Crippen molar-refractivity contribution in [2.45, 2.75) is 26.4 Å². The zero-order valence-electron chi connectivity index (χ0n) is 13.1. The fraction of sp³-hybridized carbons (Fsp3) is 0.286. The highest BCUT2D eigenvalue weighted by Crippen LogP contribution is 2.26. The lowest BCUT2D eigenvalue weighted by Crippen LogP contribution is -2.27. The number of carbonyl (C=O) groups excluding carboxylic acids is 1. The van der Waals surface area contributed by atoms with Gasteiger partial charge in [-0.15, -0.1) is 0 Å². The quantitative estimate of drug-likeness (QED) is 0.529. The van der Waals surface area contributed by atoms with Gasteiger partial charge in [0.05, 0.1) is 11.9 Å². The molecule has 1 heterocycles. The van der Waals surface area contributed by atoms with E-state index in [1.165, 1.54) is 6.20 Å². The minimum Gasteiger partial charge on any atom is -0.442 e. The van der Waals surface area contributed by atoms with E-state index in [2.05, 4.69) is 15.1 Å². The van der Waals surface area contributed by atoms with Gasteiger partial charge in [-0.1, -0.05) is 12.1 Å². The topological polar surface area (TPSA) is 147 Å². The highest BCUT2D eigenvalue weighted by Gasteiger charge is 2.21. The van der Waals surface area contributed by atoms with Gasteiger partial charge >= 0.3 is 6.09 Å². The molecule has 0 fully saturated rings. The second kappa shape index (κ2) is 5.95. The maximum Gasteiger partial charge on any atom is 0.435 e. The number of hydrogen-bond acceptors (Lipinski definition) is 4. The van der Waals surface area contributed by atoms with Crippen molar-refractivity contribution in [3.05, 3.63) is 24.4 Å². The number of benzene rings is 1. The number of para-hydroxylation sites is 1. The van der Waals surface area contributed by atoms with Crippen molar-refractivity contribution < 1.29 is 9.53 Å². The molecule has 0 amide bonds. The Morgan fingerprint density at radius 2 is 1.96 bits per heavy atom. The summed E-state index contributed by atoms with van der Waals surface area (Å²) < 4.78 is 6.46. The number of aromatic nitrogens is 2. The molecule has 9 nitrogen and oxygen atoms in total. The Labute approximate surface area is 132 Å². The van der Waals surface area contributed by atoms with E-state index in [-0.39, 0.29) is 11.9 Å². The fourth-order valence-corrected chi connectivity index (χ4v) is 1.88. The standard InChI is InChI=1S/C14H19N7O2/c1-14(2,3)23-13(22)21-10-8(7-18-21)5-4-6-9(10)19-12(17)20-11(15)16/h4-7H,1-3H3,(H6,15,16,17,19,20). The van der Waals surface area contributed by atoms with Crippen molar-refractivity contribution in [1.82, 2.24) is 9.78 Å². The van der Waals surface area contributed by atoms with Crippen molar-refractivity contribution >= 4 is 34.6 Å².